The van der Waals surface area contributed by atoms with Crippen LogP contribution in [0.4, 0.5) is 10.5 Å². The van der Waals surface area contributed by atoms with Crippen LogP contribution in [0.25, 0.3) is 0 Å². The number of carbonyl (C=O) groups is 2. The fourth-order valence-electron chi connectivity index (χ4n) is 2.26. The number of benzene rings is 2. The van der Waals surface area contributed by atoms with Gasteiger partial charge in [-0.05, 0) is 85.3 Å². The van der Waals surface area contributed by atoms with Gasteiger partial charge in [-0.15, -0.1) is 0 Å². The molecule has 0 aromatic heterocycles. The summed E-state index contributed by atoms with van der Waals surface area (Å²) < 4.78 is 12.0. The largest absolute Gasteiger partial charge is 0.489 e. The Morgan fingerprint density at radius 3 is 2.24 bits per heavy atom. The molecule has 0 aliphatic rings. The monoisotopic (exact) mass is 512 g/mol. The van der Waals surface area contributed by atoms with Crippen molar-refractivity contribution in [3.8, 4) is 5.75 Å². The number of carbonyl (C=O) groups excluding carboxylic acids is 2. The van der Waals surface area contributed by atoms with Gasteiger partial charge in [0.15, 0.2) is 0 Å². The minimum atomic E-state index is -1.12. The molecular formula is C21H25IN2O5. The zero-order valence-electron chi connectivity index (χ0n) is 16.6. The highest BCUT2D eigenvalue weighted by molar-refractivity contribution is 14.1. The van der Waals surface area contributed by atoms with Gasteiger partial charge >= 0.3 is 6.09 Å². The molecule has 2 amide bonds. The fourth-order valence-corrected chi connectivity index (χ4v) is 2.61. The van der Waals surface area contributed by atoms with Crippen LogP contribution in [-0.4, -0.2) is 35.4 Å². The first-order chi connectivity index (χ1) is 13.7. The number of rotatable bonds is 7. The molecule has 0 radical (unpaired) electrons. The molecule has 3 N–H and O–H groups in total. The Bertz CT molecular complexity index is 816. The van der Waals surface area contributed by atoms with Crippen molar-refractivity contribution in [2.75, 3.05) is 11.9 Å². The Hall–Kier alpha value is -2.33. The van der Waals surface area contributed by atoms with E-state index in [4.69, 9.17) is 9.47 Å². The first kappa shape index (κ1) is 23.0. The average molecular weight is 512 g/mol. The van der Waals surface area contributed by atoms with E-state index < -0.39 is 30.3 Å². The summed E-state index contributed by atoms with van der Waals surface area (Å²) in [7, 11) is 0. The van der Waals surface area contributed by atoms with Crippen molar-refractivity contribution in [2.45, 2.75) is 39.0 Å². The van der Waals surface area contributed by atoms with Gasteiger partial charge in [0.2, 0.25) is 5.91 Å². The van der Waals surface area contributed by atoms with Gasteiger partial charge in [0, 0.05) is 9.26 Å². The van der Waals surface area contributed by atoms with Crippen molar-refractivity contribution in [1.82, 2.24) is 5.32 Å². The van der Waals surface area contributed by atoms with Crippen LogP contribution in [0.1, 0.15) is 26.3 Å². The maximum Gasteiger partial charge on any atom is 0.408 e. The summed E-state index contributed by atoms with van der Waals surface area (Å²) in [5.74, 6) is 0.109. The third-order valence-corrected chi connectivity index (χ3v) is 4.35. The van der Waals surface area contributed by atoms with Gasteiger partial charge in [-0.25, -0.2) is 4.79 Å². The highest BCUT2D eigenvalue weighted by Gasteiger charge is 2.23. The molecule has 0 spiro atoms. The third kappa shape index (κ3) is 8.28. The van der Waals surface area contributed by atoms with Crippen LogP contribution < -0.4 is 15.4 Å². The molecule has 0 aliphatic heterocycles. The van der Waals surface area contributed by atoms with E-state index in [1.807, 2.05) is 24.3 Å². The average Bonchev–Trinajstić information content (AvgIpc) is 2.65. The number of ether oxygens (including phenoxy) is 2. The first-order valence-electron chi connectivity index (χ1n) is 9.05. The normalized spacial score (nSPS) is 12.0. The molecular weight excluding hydrogens is 487 g/mol. The number of halogens is 1. The SMILES string of the molecule is CC(C)(C)OC(=O)NC(CO)C(=O)Nc1ccc(OCc2ccc(I)cc2)cc1. The minimum absolute atomic E-state index is 0.440. The lowest BCUT2D eigenvalue weighted by Crippen LogP contribution is -2.47. The van der Waals surface area contributed by atoms with E-state index in [2.05, 4.69) is 33.2 Å². The number of alkyl carbamates (subject to hydrolysis) is 1. The van der Waals surface area contributed by atoms with Crippen LogP contribution in [0.3, 0.4) is 0 Å². The molecule has 8 heteroatoms. The lowest BCUT2D eigenvalue weighted by molar-refractivity contribution is -0.119. The molecule has 1 atom stereocenters. The number of hydrogen-bond acceptors (Lipinski definition) is 5. The van der Waals surface area contributed by atoms with Crippen molar-refractivity contribution < 1.29 is 24.2 Å². The second-order valence-corrected chi connectivity index (χ2v) is 8.56. The van der Waals surface area contributed by atoms with Crippen molar-refractivity contribution in [3.05, 3.63) is 57.7 Å². The number of aliphatic hydroxyl groups excluding tert-OH is 1. The Labute approximate surface area is 183 Å². The molecule has 0 saturated heterocycles. The molecule has 0 aliphatic carbocycles. The van der Waals surface area contributed by atoms with Crippen molar-refractivity contribution in [2.24, 2.45) is 0 Å². The Morgan fingerprint density at radius 2 is 1.69 bits per heavy atom. The first-order valence-corrected chi connectivity index (χ1v) is 10.1. The van der Waals surface area contributed by atoms with Crippen molar-refractivity contribution >= 4 is 40.3 Å². The predicted molar refractivity (Wildman–Crippen MR) is 119 cm³/mol. The summed E-state index contributed by atoms with van der Waals surface area (Å²) in [6, 6.07) is 13.7. The van der Waals surface area contributed by atoms with Crippen LogP contribution in [0.5, 0.6) is 5.75 Å². The van der Waals surface area contributed by atoms with E-state index in [0.29, 0.717) is 18.0 Å². The van der Waals surface area contributed by atoms with Gasteiger partial charge in [-0.1, -0.05) is 12.1 Å². The van der Waals surface area contributed by atoms with Crippen molar-refractivity contribution in [3.63, 3.8) is 0 Å². The molecule has 2 rings (SSSR count). The number of anilines is 1. The van der Waals surface area contributed by atoms with E-state index in [9.17, 15) is 14.7 Å². The topological polar surface area (TPSA) is 96.9 Å². The standard InChI is InChI=1S/C21H25IN2O5/c1-21(2,3)29-20(27)24-18(12-25)19(26)23-16-8-10-17(11-9-16)28-13-14-4-6-15(22)7-5-14/h4-11,18,25H,12-13H2,1-3H3,(H,23,26)(H,24,27). The third-order valence-electron chi connectivity index (χ3n) is 3.63. The molecule has 0 heterocycles. The summed E-state index contributed by atoms with van der Waals surface area (Å²) >= 11 is 2.25. The van der Waals surface area contributed by atoms with Crippen LogP contribution in [0.15, 0.2) is 48.5 Å². The predicted octanol–water partition coefficient (Wildman–Crippen LogP) is 3.69. The van der Waals surface area contributed by atoms with E-state index in [0.717, 1.165) is 9.13 Å². The maximum absolute atomic E-state index is 12.3. The Balaban J connectivity index is 1.87. The van der Waals surface area contributed by atoms with Gasteiger partial charge < -0.3 is 25.2 Å². The lowest BCUT2D eigenvalue weighted by Gasteiger charge is -2.22. The van der Waals surface area contributed by atoms with Gasteiger partial charge in [0.1, 0.15) is 24.0 Å². The van der Waals surface area contributed by atoms with Crippen molar-refractivity contribution in [1.29, 1.82) is 0 Å². The molecule has 29 heavy (non-hydrogen) atoms. The second kappa shape index (κ2) is 10.4. The van der Waals surface area contributed by atoms with E-state index in [1.165, 1.54) is 0 Å². The molecule has 156 valence electrons. The smallest absolute Gasteiger partial charge is 0.408 e. The van der Waals surface area contributed by atoms with Gasteiger partial charge in [0.05, 0.1) is 6.61 Å². The second-order valence-electron chi connectivity index (χ2n) is 7.31. The molecule has 2 aromatic carbocycles. The summed E-state index contributed by atoms with van der Waals surface area (Å²) in [4.78, 5) is 24.1. The number of amides is 2. The quantitative estimate of drug-likeness (QED) is 0.492. The Kier molecular flexibility index (Phi) is 8.27. The number of hydrogen-bond donors (Lipinski definition) is 3. The van der Waals surface area contributed by atoms with Gasteiger partial charge in [-0.3, -0.25) is 4.79 Å². The van der Waals surface area contributed by atoms with E-state index >= 15 is 0 Å². The molecule has 2 aromatic rings. The Morgan fingerprint density at radius 1 is 1.07 bits per heavy atom. The summed E-state index contributed by atoms with van der Waals surface area (Å²) in [5.41, 5.74) is 0.872. The van der Waals surface area contributed by atoms with Crippen LogP contribution in [0.2, 0.25) is 0 Å². The van der Waals surface area contributed by atoms with Crippen LogP contribution >= 0.6 is 22.6 Å². The van der Waals surface area contributed by atoms with Gasteiger partial charge in [-0.2, -0.15) is 0 Å². The minimum Gasteiger partial charge on any atom is -0.489 e. The maximum atomic E-state index is 12.3. The molecule has 0 fully saturated rings. The highest BCUT2D eigenvalue weighted by Crippen LogP contribution is 2.18. The zero-order chi connectivity index (χ0) is 21.4. The molecule has 1 unspecified atom stereocenters. The zero-order valence-corrected chi connectivity index (χ0v) is 18.7. The van der Waals surface area contributed by atoms with Crippen LogP contribution in [-0.2, 0) is 16.1 Å². The van der Waals surface area contributed by atoms with E-state index in [1.54, 1.807) is 45.0 Å². The fraction of sp³-hybridized carbons (Fsp3) is 0.333. The molecule has 0 bridgehead atoms. The number of nitrogens with one attached hydrogen (secondary N) is 2. The summed E-state index contributed by atoms with van der Waals surface area (Å²) in [5, 5.41) is 14.4. The molecule has 0 saturated carbocycles. The van der Waals surface area contributed by atoms with Gasteiger partial charge in [0.25, 0.3) is 0 Å². The number of aliphatic hydroxyl groups is 1. The molecule has 7 nitrogen and oxygen atoms in total. The summed E-state index contributed by atoms with van der Waals surface area (Å²) in [6.07, 6.45) is -0.772. The van der Waals surface area contributed by atoms with E-state index in [-0.39, 0.29) is 0 Å². The highest BCUT2D eigenvalue weighted by atomic mass is 127. The summed E-state index contributed by atoms with van der Waals surface area (Å²) in [6.45, 7) is 5.02. The van der Waals surface area contributed by atoms with Crippen LogP contribution in [0, 0.1) is 3.57 Å². The lowest BCUT2D eigenvalue weighted by atomic mass is 10.2.